The van der Waals surface area contributed by atoms with Gasteiger partial charge < -0.3 is 25.4 Å². The summed E-state index contributed by atoms with van der Waals surface area (Å²) in [5.74, 6) is 0.948. The summed E-state index contributed by atoms with van der Waals surface area (Å²) in [4.78, 5) is 25.0. The van der Waals surface area contributed by atoms with Gasteiger partial charge in [-0.05, 0) is 67.6 Å². The maximum Gasteiger partial charge on any atom is 0.257 e. The standard InChI is InChI=1S/C24H25N3O4/c1-3-31-20-14-10-17(11-15-20)26-23(28)16-25-22-7-5-4-6-21(22)24(29)27-18-8-12-19(30-2)13-9-18/h4-15,25H,3,16H2,1-2H3,(H,26,28)(H,27,29). The van der Waals surface area contributed by atoms with Gasteiger partial charge in [0.25, 0.3) is 5.91 Å². The zero-order chi connectivity index (χ0) is 22.1. The molecule has 0 unspecified atom stereocenters. The predicted molar refractivity (Wildman–Crippen MR) is 122 cm³/mol. The second kappa shape index (κ2) is 10.7. The molecule has 0 aliphatic carbocycles. The van der Waals surface area contributed by atoms with Crippen LogP contribution in [-0.2, 0) is 4.79 Å². The lowest BCUT2D eigenvalue weighted by molar-refractivity contribution is -0.114. The van der Waals surface area contributed by atoms with Crippen LogP contribution in [0.2, 0.25) is 0 Å². The molecular weight excluding hydrogens is 394 g/mol. The molecule has 2 amide bonds. The molecule has 0 saturated heterocycles. The fraction of sp³-hybridized carbons (Fsp3) is 0.167. The van der Waals surface area contributed by atoms with Crippen molar-refractivity contribution in [2.75, 3.05) is 36.2 Å². The maximum atomic E-state index is 12.7. The molecule has 7 nitrogen and oxygen atoms in total. The smallest absolute Gasteiger partial charge is 0.257 e. The lowest BCUT2D eigenvalue weighted by Gasteiger charge is -2.13. The van der Waals surface area contributed by atoms with E-state index in [4.69, 9.17) is 9.47 Å². The monoisotopic (exact) mass is 419 g/mol. The van der Waals surface area contributed by atoms with E-state index in [0.29, 0.717) is 35.0 Å². The van der Waals surface area contributed by atoms with Crippen LogP contribution in [0.1, 0.15) is 17.3 Å². The van der Waals surface area contributed by atoms with E-state index in [0.717, 1.165) is 5.75 Å². The van der Waals surface area contributed by atoms with E-state index < -0.39 is 0 Å². The van der Waals surface area contributed by atoms with Gasteiger partial charge in [0.2, 0.25) is 5.91 Å². The number of anilines is 3. The van der Waals surface area contributed by atoms with Gasteiger partial charge in [0.05, 0.1) is 25.8 Å². The summed E-state index contributed by atoms with van der Waals surface area (Å²) in [6.45, 7) is 2.51. The molecular formula is C24H25N3O4. The summed E-state index contributed by atoms with van der Waals surface area (Å²) in [5.41, 5.74) is 2.32. The van der Waals surface area contributed by atoms with E-state index in [-0.39, 0.29) is 18.4 Å². The Kier molecular flexibility index (Phi) is 7.48. The Morgan fingerprint density at radius 2 is 1.42 bits per heavy atom. The number of methoxy groups -OCH3 is 1. The molecule has 7 heteroatoms. The molecule has 3 N–H and O–H groups in total. The number of amides is 2. The molecule has 0 aliphatic rings. The lowest BCUT2D eigenvalue weighted by atomic mass is 10.1. The topological polar surface area (TPSA) is 88.7 Å². The normalized spacial score (nSPS) is 10.1. The van der Waals surface area contributed by atoms with Crippen molar-refractivity contribution in [3.8, 4) is 11.5 Å². The minimum Gasteiger partial charge on any atom is -0.497 e. The number of rotatable bonds is 9. The molecule has 31 heavy (non-hydrogen) atoms. The summed E-state index contributed by atoms with van der Waals surface area (Å²) < 4.78 is 10.5. The molecule has 0 fully saturated rings. The SMILES string of the molecule is CCOc1ccc(NC(=O)CNc2ccccc2C(=O)Nc2ccc(OC)cc2)cc1. The van der Waals surface area contributed by atoms with E-state index in [1.807, 2.05) is 6.92 Å². The number of benzene rings is 3. The molecule has 0 spiro atoms. The Balaban J connectivity index is 1.59. The molecule has 0 radical (unpaired) electrons. The Bertz CT molecular complexity index is 1020. The molecule has 160 valence electrons. The number of nitrogens with one attached hydrogen (secondary N) is 3. The third-order valence-electron chi connectivity index (χ3n) is 4.41. The van der Waals surface area contributed by atoms with Gasteiger partial charge in [-0.2, -0.15) is 0 Å². The quantitative estimate of drug-likeness (QED) is 0.479. The number of hydrogen-bond acceptors (Lipinski definition) is 5. The third kappa shape index (κ3) is 6.24. The summed E-state index contributed by atoms with van der Waals surface area (Å²) in [6.07, 6.45) is 0. The Hall–Kier alpha value is -4.00. The Morgan fingerprint density at radius 1 is 0.806 bits per heavy atom. The molecule has 3 aromatic carbocycles. The summed E-state index contributed by atoms with van der Waals surface area (Å²) in [6, 6.07) is 21.2. The second-order valence-corrected chi connectivity index (χ2v) is 6.59. The largest absolute Gasteiger partial charge is 0.497 e. The van der Waals surface area contributed by atoms with Crippen molar-refractivity contribution in [1.82, 2.24) is 0 Å². The van der Waals surface area contributed by atoms with Crippen LogP contribution in [-0.4, -0.2) is 32.1 Å². The lowest BCUT2D eigenvalue weighted by Crippen LogP contribution is -2.23. The van der Waals surface area contributed by atoms with Crippen LogP contribution in [0.4, 0.5) is 17.1 Å². The first-order chi connectivity index (χ1) is 15.1. The molecule has 0 saturated carbocycles. The zero-order valence-electron chi connectivity index (χ0n) is 17.5. The zero-order valence-corrected chi connectivity index (χ0v) is 17.5. The van der Waals surface area contributed by atoms with Gasteiger partial charge in [0.15, 0.2) is 0 Å². The number of hydrogen-bond donors (Lipinski definition) is 3. The van der Waals surface area contributed by atoms with Gasteiger partial charge in [0.1, 0.15) is 11.5 Å². The average molecular weight is 419 g/mol. The predicted octanol–water partition coefficient (Wildman–Crippen LogP) is 4.40. The molecule has 0 bridgehead atoms. The van der Waals surface area contributed by atoms with Crippen molar-refractivity contribution < 1.29 is 19.1 Å². The highest BCUT2D eigenvalue weighted by atomic mass is 16.5. The number of carbonyl (C=O) groups is 2. The van der Waals surface area contributed by atoms with Crippen molar-refractivity contribution in [3.63, 3.8) is 0 Å². The molecule has 0 aromatic heterocycles. The first kappa shape index (κ1) is 21.7. The van der Waals surface area contributed by atoms with Gasteiger partial charge in [-0.15, -0.1) is 0 Å². The first-order valence-corrected chi connectivity index (χ1v) is 9.90. The highest BCUT2D eigenvalue weighted by molar-refractivity contribution is 6.08. The van der Waals surface area contributed by atoms with Crippen LogP contribution in [0.3, 0.4) is 0 Å². The van der Waals surface area contributed by atoms with Gasteiger partial charge in [-0.25, -0.2) is 0 Å². The van der Waals surface area contributed by atoms with Crippen LogP contribution >= 0.6 is 0 Å². The summed E-state index contributed by atoms with van der Waals surface area (Å²) in [5, 5.41) is 8.69. The number of para-hydroxylation sites is 1. The van der Waals surface area contributed by atoms with Gasteiger partial charge in [-0.1, -0.05) is 12.1 Å². The molecule has 3 rings (SSSR count). The van der Waals surface area contributed by atoms with E-state index in [1.54, 1.807) is 79.9 Å². The van der Waals surface area contributed by atoms with Crippen molar-refractivity contribution in [3.05, 3.63) is 78.4 Å². The van der Waals surface area contributed by atoms with Crippen LogP contribution in [0.25, 0.3) is 0 Å². The number of ether oxygens (including phenoxy) is 2. The minimum absolute atomic E-state index is 0.0139. The van der Waals surface area contributed by atoms with Crippen LogP contribution in [0.5, 0.6) is 11.5 Å². The van der Waals surface area contributed by atoms with E-state index in [9.17, 15) is 9.59 Å². The molecule has 3 aromatic rings. The third-order valence-corrected chi connectivity index (χ3v) is 4.41. The van der Waals surface area contributed by atoms with Crippen molar-refractivity contribution >= 4 is 28.9 Å². The number of carbonyl (C=O) groups excluding carboxylic acids is 2. The molecule has 0 heterocycles. The molecule has 0 atom stereocenters. The minimum atomic E-state index is -0.278. The summed E-state index contributed by atoms with van der Waals surface area (Å²) >= 11 is 0. The van der Waals surface area contributed by atoms with Crippen molar-refractivity contribution in [1.29, 1.82) is 0 Å². The van der Waals surface area contributed by atoms with Gasteiger partial charge in [-0.3, -0.25) is 9.59 Å². The van der Waals surface area contributed by atoms with Crippen molar-refractivity contribution in [2.24, 2.45) is 0 Å². The fourth-order valence-electron chi connectivity index (χ4n) is 2.89. The highest BCUT2D eigenvalue weighted by Crippen LogP contribution is 2.20. The van der Waals surface area contributed by atoms with Gasteiger partial charge >= 0.3 is 0 Å². The Morgan fingerprint density at radius 3 is 2.06 bits per heavy atom. The average Bonchev–Trinajstić information content (AvgIpc) is 2.80. The first-order valence-electron chi connectivity index (χ1n) is 9.90. The van der Waals surface area contributed by atoms with E-state index >= 15 is 0 Å². The Labute approximate surface area is 181 Å². The molecule has 0 aliphatic heterocycles. The van der Waals surface area contributed by atoms with Crippen LogP contribution in [0, 0.1) is 0 Å². The van der Waals surface area contributed by atoms with Crippen LogP contribution in [0.15, 0.2) is 72.8 Å². The summed E-state index contributed by atoms with van der Waals surface area (Å²) in [7, 11) is 1.58. The van der Waals surface area contributed by atoms with Crippen molar-refractivity contribution in [2.45, 2.75) is 6.92 Å². The maximum absolute atomic E-state index is 12.7. The van der Waals surface area contributed by atoms with E-state index in [2.05, 4.69) is 16.0 Å². The van der Waals surface area contributed by atoms with Gasteiger partial charge in [0, 0.05) is 17.1 Å². The van der Waals surface area contributed by atoms with Crippen LogP contribution < -0.4 is 25.4 Å². The second-order valence-electron chi connectivity index (χ2n) is 6.59. The fourth-order valence-corrected chi connectivity index (χ4v) is 2.89. The van der Waals surface area contributed by atoms with E-state index in [1.165, 1.54) is 0 Å². The highest BCUT2D eigenvalue weighted by Gasteiger charge is 2.12.